The molecule has 0 saturated heterocycles. The third-order valence-electron chi connectivity index (χ3n) is 3.60. The fourth-order valence-electron chi connectivity index (χ4n) is 2.37. The largest absolute Gasteiger partial charge is 0.493 e. The monoisotopic (exact) mass is 337 g/mol. The highest BCUT2D eigenvalue weighted by Gasteiger charge is 2.08. The van der Waals surface area contributed by atoms with Gasteiger partial charge in [0, 0.05) is 16.9 Å². The smallest absolute Gasteiger partial charge is 0.262 e. The molecule has 1 amide bonds. The summed E-state index contributed by atoms with van der Waals surface area (Å²) >= 11 is 0. The van der Waals surface area contributed by atoms with Crippen LogP contribution in [0.25, 0.3) is 11.3 Å². The highest BCUT2D eigenvalue weighted by atomic mass is 16.5. The van der Waals surface area contributed by atoms with Crippen molar-refractivity contribution in [1.82, 2.24) is 10.2 Å². The van der Waals surface area contributed by atoms with Gasteiger partial charge >= 0.3 is 0 Å². The van der Waals surface area contributed by atoms with Crippen molar-refractivity contribution in [3.8, 4) is 22.8 Å². The lowest BCUT2D eigenvalue weighted by molar-refractivity contribution is -0.118. The van der Waals surface area contributed by atoms with Gasteiger partial charge < -0.3 is 14.8 Å². The number of benzene rings is 2. The molecule has 0 fully saturated rings. The molecule has 0 spiro atoms. The van der Waals surface area contributed by atoms with E-state index in [0.717, 1.165) is 17.0 Å². The van der Waals surface area contributed by atoms with Crippen LogP contribution < -0.4 is 14.8 Å². The highest BCUT2D eigenvalue weighted by molar-refractivity contribution is 5.92. The van der Waals surface area contributed by atoms with Crippen LogP contribution in [0.2, 0.25) is 0 Å². The lowest BCUT2D eigenvalue weighted by Crippen LogP contribution is -2.20. The average Bonchev–Trinajstić information content (AvgIpc) is 3.07. The molecule has 1 aromatic heterocycles. The molecule has 0 saturated carbocycles. The maximum atomic E-state index is 12.0. The lowest BCUT2D eigenvalue weighted by atomic mass is 10.1. The number of ether oxygens (including phenoxy) is 2. The predicted octanol–water partition coefficient (Wildman–Crippen LogP) is 3.41. The van der Waals surface area contributed by atoms with E-state index in [4.69, 9.17) is 9.47 Å². The fraction of sp³-hybridized carbons (Fsp3) is 0.158. The van der Waals surface area contributed by atoms with E-state index in [-0.39, 0.29) is 12.5 Å². The first-order valence-corrected chi connectivity index (χ1v) is 7.84. The molecule has 0 aliphatic heterocycles. The van der Waals surface area contributed by atoms with E-state index in [1.165, 1.54) is 0 Å². The molecule has 3 aromatic rings. The number of aromatic nitrogens is 2. The number of nitrogens with zero attached hydrogens (tertiary/aromatic N) is 1. The highest BCUT2D eigenvalue weighted by Crippen LogP contribution is 2.25. The summed E-state index contributed by atoms with van der Waals surface area (Å²) in [7, 11) is 1.56. The van der Waals surface area contributed by atoms with Gasteiger partial charge in [0.15, 0.2) is 18.1 Å². The summed E-state index contributed by atoms with van der Waals surface area (Å²) in [6.07, 6.45) is 0. The van der Waals surface area contributed by atoms with Crippen molar-refractivity contribution in [2.24, 2.45) is 0 Å². The molecule has 0 aliphatic carbocycles. The van der Waals surface area contributed by atoms with Gasteiger partial charge in [0.25, 0.3) is 5.91 Å². The zero-order chi connectivity index (χ0) is 17.6. The first-order chi connectivity index (χ1) is 12.2. The molecule has 128 valence electrons. The van der Waals surface area contributed by atoms with Gasteiger partial charge in [-0.15, -0.1) is 0 Å². The van der Waals surface area contributed by atoms with Crippen LogP contribution in [-0.4, -0.2) is 29.8 Å². The molecular formula is C19H19N3O3. The maximum absolute atomic E-state index is 12.0. The number of methoxy groups -OCH3 is 1. The van der Waals surface area contributed by atoms with Crippen molar-refractivity contribution < 1.29 is 14.3 Å². The van der Waals surface area contributed by atoms with Crippen LogP contribution in [-0.2, 0) is 4.79 Å². The Hall–Kier alpha value is -3.28. The van der Waals surface area contributed by atoms with Gasteiger partial charge in [-0.25, -0.2) is 0 Å². The summed E-state index contributed by atoms with van der Waals surface area (Å²) in [6.45, 7) is 1.85. The second-order valence-corrected chi connectivity index (χ2v) is 5.50. The van der Waals surface area contributed by atoms with E-state index in [1.54, 1.807) is 19.2 Å². The van der Waals surface area contributed by atoms with Gasteiger partial charge in [0.1, 0.15) is 0 Å². The van der Waals surface area contributed by atoms with E-state index in [2.05, 4.69) is 15.5 Å². The van der Waals surface area contributed by atoms with Gasteiger partial charge in [-0.2, -0.15) is 5.10 Å². The van der Waals surface area contributed by atoms with Crippen LogP contribution in [0.4, 0.5) is 5.69 Å². The molecule has 6 heteroatoms. The number of para-hydroxylation sites is 2. The molecule has 0 radical (unpaired) electrons. The zero-order valence-corrected chi connectivity index (χ0v) is 14.1. The molecule has 1 heterocycles. The summed E-state index contributed by atoms with van der Waals surface area (Å²) in [6, 6.07) is 16.7. The molecular weight excluding hydrogens is 318 g/mol. The van der Waals surface area contributed by atoms with Crippen LogP contribution in [0.3, 0.4) is 0 Å². The number of anilines is 1. The van der Waals surface area contributed by atoms with Crippen molar-refractivity contribution in [3.05, 3.63) is 60.3 Å². The molecule has 2 aromatic carbocycles. The summed E-state index contributed by atoms with van der Waals surface area (Å²) in [5.41, 5.74) is 3.55. The molecule has 3 rings (SSSR count). The maximum Gasteiger partial charge on any atom is 0.262 e. The van der Waals surface area contributed by atoms with Crippen molar-refractivity contribution in [1.29, 1.82) is 0 Å². The number of aryl methyl sites for hydroxylation is 1. The molecule has 0 atom stereocenters. The normalized spacial score (nSPS) is 10.3. The minimum atomic E-state index is -0.241. The van der Waals surface area contributed by atoms with Crippen LogP contribution >= 0.6 is 0 Å². The predicted molar refractivity (Wildman–Crippen MR) is 95.9 cm³/mol. The summed E-state index contributed by atoms with van der Waals surface area (Å²) in [5.74, 6) is 0.882. The number of aromatic amines is 1. The SMILES string of the molecule is COc1ccccc1OCC(=O)Nc1ccc(-c2cc(C)[nH]n2)cc1. The van der Waals surface area contributed by atoms with E-state index < -0.39 is 0 Å². The topological polar surface area (TPSA) is 76.2 Å². The van der Waals surface area contributed by atoms with Crippen LogP contribution in [0.15, 0.2) is 54.6 Å². The lowest BCUT2D eigenvalue weighted by Gasteiger charge is -2.10. The van der Waals surface area contributed by atoms with Crippen molar-refractivity contribution in [3.63, 3.8) is 0 Å². The van der Waals surface area contributed by atoms with Crippen molar-refractivity contribution in [2.45, 2.75) is 6.92 Å². The van der Waals surface area contributed by atoms with Crippen LogP contribution in [0.5, 0.6) is 11.5 Å². The Bertz CT molecular complexity index is 856. The Morgan fingerprint density at radius 2 is 1.84 bits per heavy atom. The Morgan fingerprint density at radius 1 is 1.12 bits per heavy atom. The van der Waals surface area contributed by atoms with Gasteiger partial charge in [-0.05, 0) is 37.3 Å². The molecule has 0 aliphatic rings. The quantitative estimate of drug-likeness (QED) is 0.723. The van der Waals surface area contributed by atoms with E-state index >= 15 is 0 Å². The summed E-state index contributed by atoms with van der Waals surface area (Å²) in [5, 5.41) is 9.92. The van der Waals surface area contributed by atoms with Crippen molar-refractivity contribution in [2.75, 3.05) is 19.0 Å². The molecule has 0 bridgehead atoms. The van der Waals surface area contributed by atoms with Gasteiger partial charge in [0.05, 0.1) is 12.8 Å². The summed E-state index contributed by atoms with van der Waals surface area (Å²) < 4.78 is 10.7. The number of amides is 1. The standard InChI is InChI=1S/C19H19N3O3/c1-13-11-16(22-21-13)14-7-9-15(10-8-14)20-19(23)12-25-18-6-4-3-5-17(18)24-2/h3-11H,12H2,1-2H3,(H,20,23)(H,21,22). The Kier molecular flexibility index (Phi) is 4.99. The first-order valence-electron chi connectivity index (χ1n) is 7.84. The van der Waals surface area contributed by atoms with Gasteiger partial charge in [-0.3, -0.25) is 9.89 Å². The molecule has 25 heavy (non-hydrogen) atoms. The van der Waals surface area contributed by atoms with Gasteiger partial charge in [-0.1, -0.05) is 24.3 Å². The number of rotatable bonds is 6. The van der Waals surface area contributed by atoms with Gasteiger partial charge in [0.2, 0.25) is 0 Å². The second-order valence-electron chi connectivity index (χ2n) is 5.50. The van der Waals surface area contributed by atoms with E-state index in [9.17, 15) is 4.79 Å². The molecule has 2 N–H and O–H groups in total. The van der Waals surface area contributed by atoms with Crippen molar-refractivity contribution >= 4 is 11.6 Å². The van der Waals surface area contributed by atoms with E-state index in [0.29, 0.717) is 17.2 Å². The number of carbonyl (C=O) groups excluding carboxylic acids is 1. The first kappa shape index (κ1) is 16.6. The second kappa shape index (κ2) is 7.53. The Balaban J connectivity index is 1.57. The van der Waals surface area contributed by atoms with Crippen LogP contribution in [0.1, 0.15) is 5.69 Å². The van der Waals surface area contributed by atoms with E-state index in [1.807, 2.05) is 49.4 Å². The molecule has 6 nitrogen and oxygen atoms in total. The minimum Gasteiger partial charge on any atom is -0.493 e. The number of H-pyrrole nitrogens is 1. The number of nitrogens with one attached hydrogen (secondary N) is 2. The number of hydrogen-bond acceptors (Lipinski definition) is 4. The average molecular weight is 337 g/mol. The molecule has 0 unspecified atom stereocenters. The number of carbonyl (C=O) groups is 1. The zero-order valence-electron chi connectivity index (χ0n) is 14.1. The Morgan fingerprint density at radius 3 is 2.48 bits per heavy atom. The Labute approximate surface area is 145 Å². The third kappa shape index (κ3) is 4.17. The fourth-order valence-corrected chi connectivity index (χ4v) is 2.37. The summed E-state index contributed by atoms with van der Waals surface area (Å²) in [4.78, 5) is 12.0. The number of hydrogen-bond donors (Lipinski definition) is 2. The minimum absolute atomic E-state index is 0.0965. The van der Waals surface area contributed by atoms with Crippen LogP contribution in [0, 0.1) is 6.92 Å². The third-order valence-corrected chi connectivity index (χ3v) is 3.60.